The molecule has 0 heterocycles. The molecular weight excluding hydrogens is 570 g/mol. The van der Waals surface area contributed by atoms with Crippen LogP contribution in [0.5, 0.6) is 0 Å². The minimum absolute atomic E-state index is 0.00804. The van der Waals surface area contributed by atoms with Crippen LogP contribution in [0.3, 0.4) is 0 Å². The van der Waals surface area contributed by atoms with Crippen LogP contribution in [0.15, 0.2) is 48.5 Å². The molecule has 2 aromatic carbocycles. The molecule has 2 N–H and O–H groups in total. The van der Waals surface area contributed by atoms with Gasteiger partial charge in [-0.05, 0) is 77.3 Å². The molecule has 42 heavy (non-hydrogen) atoms. The summed E-state index contributed by atoms with van der Waals surface area (Å²) in [6.45, 7) is 8.87. The minimum atomic E-state index is -5.02. The molecule has 234 valence electrons. The minimum Gasteiger partial charge on any atom is -0.444 e. The van der Waals surface area contributed by atoms with Crippen LogP contribution in [-0.4, -0.2) is 36.5 Å². The third-order valence-electron chi connectivity index (χ3n) is 5.55. The van der Waals surface area contributed by atoms with E-state index in [0.717, 1.165) is 0 Å². The first-order valence-corrected chi connectivity index (χ1v) is 13.0. The monoisotopic (exact) mass is 606 g/mol. The van der Waals surface area contributed by atoms with Gasteiger partial charge >= 0.3 is 24.5 Å². The Hall–Kier alpha value is -3.48. The second kappa shape index (κ2) is 13.2. The number of halogens is 6. The Morgan fingerprint density at radius 3 is 1.69 bits per heavy atom. The highest BCUT2D eigenvalue weighted by Crippen LogP contribution is 2.37. The average Bonchev–Trinajstić information content (AvgIpc) is 2.81. The van der Waals surface area contributed by atoms with Gasteiger partial charge in [0.15, 0.2) is 0 Å². The summed E-state index contributed by atoms with van der Waals surface area (Å²) < 4.78 is 96.4. The van der Waals surface area contributed by atoms with E-state index < -0.39 is 65.6 Å². The maximum absolute atomic E-state index is 13.3. The molecule has 0 aliphatic rings. The molecule has 13 heteroatoms. The third-order valence-corrected chi connectivity index (χ3v) is 5.55. The van der Waals surface area contributed by atoms with Gasteiger partial charge < -0.3 is 24.8 Å². The molecule has 0 aromatic heterocycles. The van der Waals surface area contributed by atoms with E-state index in [-0.39, 0.29) is 24.6 Å². The standard InChI is InChI=1S/C29H36F6N2O5/c1-25(2,3)41-23(38)36-13-12-27(20-10-8-7-9-11-20,37-24(39)42-26(4,5)6)18-40-17-19-14-21(28(30,31)32)16-22(15-19)29(33,34)35/h7-11,14-16H,12-13,17-18H2,1-6H3,(H,36,38)(H,37,39). The number of amides is 2. The number of rotatable bonds is 9. The molecule has 0 saturated carbocycles. The number of alkyl carbamates (subject to hydrolysis) is 2. The summed E-state index contributed by atoms with van der Waals surface area (Å²) in [4.78, 5) is 25.2. The van der Waals surface area contributed by atoms with E-state index in [0.29, 0.717) is 17.7 Å². The normalized spacial score (nSPS) is 14.1. The zero-order valence-corrected chi connectivity index (χ0v) is 24.3. The Labute approximate surface area is 240 Å². The fraction of sp³-hybridized carbons (Fsp3) is 0.517. The van der Waals surface area contributed by atoms with E-state index in [4.69, 9.17) is 14.2 Å². The molecule has 2 amide bonds. The van der Waals surface area contributed by atoms with Crippen LogP contribution in [0, 0.1) is 0 Å². The highest BCUT2D eigenvalue weighted by molar-refractivity contribution is 5.69. The summed E-state index contributed by atoms with van der Waals surface area (Å²) in [6, 6.07) is 9.54. The Kier molecular flexibility index (Phi) is 10.9. The summed E-state index contributed by atoms with van der Waals surface area (Å²) in [5.74, 6) is 0. The molecule has 1 atom stereocenters. The van der Waals surface area contributed by atoms with Crippen LogP contribution in [-0.2, 0) is 38.7 Å². The van der Waals surface area contributed by atoms with E-state index in [1.807, 2.05) is 0 Å². The number of benzene rings is 2. The zero-order chi connectivity index (χ0) is 32.0. The van der Waals surface area contributed by atoms with Crippen LogP contribution in [0.25, 0.3) is 0 Å². The van der Waals surface area contributed by atoms with Gasteiger partial charge in [0.1, 0.15) is 11.2 Å². The Balaban J connectivity index is 2.41. The highest BCUT2D eigenvalue weighted by Gasteiger charge is 2.38. The van der Waals surface area contributed by atoms with Crippen molar-refractivity contribution in [3.05, 3.63) is 70.8 Å². The molecule has 0 aliphatic carbocycles. The second-order valence-electron chi connectivity index (χ2n) is 11.7. The molecular formula is C29H36F6N2O5. The average molecular weight is 607 g/mol. The zero-order valence-electron chi connectivity index (χ0n) is 24.3. The molecule has 0 aliphatic heterocycles. The van der Waals surface area contributed by atoms with E-state index >= 15 is 0 Å². The molecule has 2 aromatic rings. The summed E-state index contributed by atoms with van der Waals surface area (Å²) in [5, 5.41) is 5.33. The second-order valence-corrected chi connectivity index (χ2v) is 11.7. The van der Waals surface area contributed by atoms with Gasteiger partial charge in [-0.2, -0.15) is 26.3 Å². The predicted molar refractivity (Wildman–Crippen MR) is 142 cm³/mol. The Bertz CT molecular complexity index is 1170. The van der Waals surface area contributed by atoms with Crippen molar-refractivity contribution in [2.45, 2.75) is 83.7 Å². The SMILES string of the molecule is CC(C)(C)OC(=O)NCCC(COCc1cc(C(F)(F)F)cc(C(F)(F)F)c1)(NC(=O)OC(C)(C)C)c1ccccc1. The van der Waals surface area contributed by atoms with E-state index in [1.165, 1.54) is 0 Å². The largest absolute Gasteiger partial charge is 0.444 e. The summed E-state index contributed by atoms with van der Waals surface area (Å²) in [5.41, 5.74) is -5.93. The molecule has 0 bridgehead atoms. The van der Waals surface area contributed by atoms with Gasteiger partial charge in [0, 0.05) is 6.54 Å². The van der Waals surface area contributed by atoms with Gasteiger partial charge in [0.2, 0.25) is 0 Å². The maximum Gasteiger partial charge on any atom is 0.416 e. The number of carbonyl (C=O) groups is 2. The fourth-order valence-electron chi connectivity index (χ4n) is 3.86. The van der Waals surface area contributed by atoms with Gasteiger partial charge in [0.05, 0.1) is 29.9 Å². The lowest BCUT2D eigenvalue weighted by Crippen LogP contribution is -2.52. The predicted octanol–water partition coefficient (Wildman–Crippen LogP) is 7.58. The number of ether oxygens (including phenoxy) is 3. The number of alkyl halides is 6. The topological polar surface area (TPSA) is 85.9 Å². The van der Waals surface area contributed by atoms with Gasteiger partial charge in [-0.25, -0.2) is 9.59 Å². The van der Waals surface area contributed by atoms with Crippen LogP contribution in [0.2, 0.25) is 0 Å². The molecule has 0 saturated heterocycles. The van der Waals surface area contributed by atoms with E-state index in [2.05, 4.69) is 10.6 Å². The molecule has 1 unspecified atom stereocenters. The maximum atomic E-state index is 13.3. The van der Waals surface area contributed by atoms with Crippen LogP contribution >= 0.6 is 0 Å². The lowest BCUT2D eigenvalue weighted by molar-refractivity contribution is -0.143. The van der Waals surface area contributed by atoms with Crippen LogP contribution in [0.4, 0.5) is 35.9 Å². The molecule has 2 rings (SSSR count). The smallest absolute Gasteiger partial charge is 0.416 e. The number of carbonyl (C=O) groups excluding carboxylic acids is 2. The summed E-state index contributed by atoms with van der Waals surface area (Å²) in [6.07, 6.45) is -11.6. The first-order chi connectivity index (χ1) is 19.1. The molecule has 0 spiro atoms. The van der Waals surface area contributed by atoms with Crippen LogP contribution < -0.4 is 10.6 Å². The van der Waals surface area contributed by atoms with Crippen molar-refractivity contribution in [1.29, 1.82) is 0 Å². The Morgan fingerprint density at radius 2 is 1.21 bits per heavy atom. The third kappa shape index (κ3) is 11.4. The van der Waals surface area contributed by atoms with Crippen molar-refractivity contribution in [3.63, 3.8) is 0 Å². The number of nitrogens with one attached hydrogen (secondary N) is 2. The first kappa shape index (κ1) is 34.7. The van der Waals surface area contributed by atoms with Crippen molar-refractivity contribution in [2.24, 2.45) is 0 Å². The van der Waals surface area contributed by atoms with Gasteiger partial charge in [-0.3, -0.25) is 0 Å². The summed E-state index contributed by atoms with van der Waals surface area (Å²) in [7, 11) is 0. The number of hydrogen-bond acceptors (Lipinski definition) is 5. The Morgan fingerprint density at radius 1 is 0.714 bits per heavy atom. The van der Waals surface area contributed by atoms with Gasteiger partial charge in [-0.1, -0.05) is 30.3 Å². The fourth-order valence-corrected chi connectivity index (χ4v) is 3.86. The van der Waals surface area contributed by atoms with Crippen molar-refractivity contribution in [3.8, 4) is 0 Å². The van der Waals surface area contributed by atoms with E-state index in [1.54, 1.807) is 71.9 Å². The lowest BCUT2D eigenvalue weighted by atomic mass is 9.87. The summed E-state index contributed by atoms with van der Waals surface area (Å²) >= 11 is 0. The van der Waals surface area contributed by atoms with Crippen molar-refractivity contribution < 1.29 is 50.1 Å². The molecule has 0 radical (unpaired) electrons. The van der Waals surface area contributed by atoms with Crippen molar-refractivity contribution in [2.75, 3.05) is 13.2 Å². The molecule has 7 nitrogen and oxygen atoms in total. The van der Waals surface area contributed by atoms with E-state index in [9.17, 15) is 35.9 Å². The van der Waals surface area contributed by atoms with Crippen molar-refractivity contribution in [1.82, 2.24) is 10.6 Å². The van der Waals surface area contributed by atoms with Crippen molar-refractivity contribution >= 4 is 12.2 Å². The van der Waals surface area contributed by atoms with Gasteiger partial charge in [-0.15, -0.1) is 0 Å². The quantitative estimate of drug-likeness (QED) is 0.288. The first-order valence-electron chi connectivity index (χ1n) is 13.0. The van der Waals surface area contributed by atoms with Crippen LogP contribution in [0.1, 0.15) is 70.2 Å². The highest BCUT2D eigenvalue weighted by atomic mass is 19.4. The molecule has 0 fully saturated rings. The van der Waals surface area contributed by atoms with Gasteiger partial charge in [0.25, 0.3) is 0 Å². The number of hydrogen-bond donors (Lipinski definition) is 2. The lowest BCUT2D eigenvalue weighted by Gasteiger charge is -2.36.